The zero-order valence-electron chi connectivity index (χ0n) is 15.3. The second-order valence-electron chi connectivity index (χ2n) is 9.39. The average Bonchev–Trinajstić information content (AvgIpc) is 2.19. The van der Waals surface area contributed by atoms with Crippen molar-refractivity contribution in [1.29, 1.82) is 0 Å². The Kier molecular flexibility index (Phi) is 5.53. The topological polar surface area (TPSA) is 36.9 Å². The van der Waals surface area contributed by atoms with E-state index in [4.69, 9.17) is 19.6 Å². The molecule has 0 heterocycles. The van der Waals surface area contributed by atoms with Crippen LogP contribution >= 0.6 is 0 Å². The Labute approximate surface area is 130 Å². The molecule has 1 fully saturated rings. The van der Waals surface area contributed by atoms with Crippen molar-refractivity contribution < 1.29 is 19.6 Å². The molecule has 0 amide bonds. The summed E-state index contributed by atoms with van der Waals surface area (Å²) in [5.41, 5.74) is -0.856. The van der Waals surface area contributed by atoms with Gasteiger partial charge in [0.1, 0.15) is 5.60 Å². The summed E-state index contributed by atoms with van der Waals surface area (Å²) in [7, 11) is 0. The minimum atomic E-state index is -0.360. The Morgan fingerprint density at radius 3 is 1.81 bits per heavy atom. The Balaban J connectivity index is 2.68. The molecule has 0 saturated heterocycles. The lowest BCUT2D eigenvalue weighted by atomic mass is 9.69. The van der Waals surface area contributed by atoms with E-state index >= 15 is 0 Å². The highest BCUT2D eigenvalue weighted by Crippen LogP contribution is 2.44. The molecule has 2 atom stereocenters. The van der Waals surface area contributed by atoms with E-state index in [0.29, 0.717) is 0 Å². The highest BCUT2D eigenvalue weighted by Gasteiger charge is 2.45. The van der Waals surface area contributed by atoms with Crippen molar-refractivity contribution in [3.63, 3.8) is 0 Å². The molecule has 0 aromatic carbocycles. The van der Waals surface area contributed by atoms with Crippen molar-refractivity contribution in [2.45, 2.75) is 104 Å². The highest BCUT2D eigenvalue weighted by molar-refractivity contribution is 4.93. The molecular formula is C17H34O4. The van der Waals surface area contributed by atoms with Gasteiger partial charge in [0, 0.05) is 6.42 Å². The summed E-state index contributed by atoms with van der Waals surface area (Å²) in [4.78, 5) is 22.5. The highest BCUT2D eigenvalue weighted by atomic mass is 17.2. The van der Waals surface area contributed by atoms with E-state index in [1.165, 1.54) is 0 Å². The summed E-state index contributed by atoms with van der Waals surface area (Å²) >= 11 is 0. The fourth-order valence-electron chi connectivity index (χ4n) is 2.90. The summed E-state index contributed by atoms with van der Waals surface area (Å²) < 4.78 is 0. The Hall–Kier alpha value is -0.160. The minimum Gasteiger partial charge on any atom is -0.233 e. The van der Waals surface area contributed by atoms with Crippen molar-refractivity contribution in [3.8, 4) is 0 Å². The molecule has 1 rings (SSSR count). The van der Waals surface area contributed by atoms with E-state index in [1.807, 2.05) is 41.5 Å². The van der Waals surface area contributed by atoms with Crippen LogP contribution in [0.3, 0.4) is 0 Å². The van der Waals surface area contributed by atoms with Gasteiger partial charge >= 0.3 is 0 Å². The van der Waals surface area contributed by atoms with E-state index in [-0.39, 0.29) is 28.3 Å². The lowest BCUT2D eigenvalue weighted by Crippen LogP contribution is -2.47. The third-order valence-electron chi connectivity index (χ3n) is 3.22. The maximum Gasteiger partial charge on any atom is 0.104 e. The first-order valence-corrected chi connectivity index (χ1v) is 7.91. The maximum absolute atomic E-state index is 5.80. The molecule has 21 heavy (non-hydrogen) atoms. The van der Waals surface area contributed by atoms with Crippen molar-refractivity contribution in [1.82, 2.24) is 0 Å². The van der Waals surface area contributed by atoms with Crippen LogP contribution in [0.5, 0.6) is 0 Å². The maximum atomic E-state index is 5.80. The number of rotatable bonds is 4. The summed E-state index contributed by atoms with van der Waals surface area (Å²) in [6, 6.07) is 0. The zero-order valence-corrected chi connectivity index (χ0v) is 15.3. The number of hydrogen-bond donors (Lipinski definition) is 0. The second-order valence-corrected chi connectivity index (χ2v) is 9.39. The van der Waals surface area contributed by atoms with Gasteiger partial charge in [0.15, 0.2) is 0 Å². The molecule has 2 unspecified atom stereocenters. The summed E-state index contributed by atoms with van der Waals surface area (Å²) in [5.74, 6) is 0. The van der Waals surface area contributed by atoms with Gasteiger partial charge in [-0.05, 0) is 66.7 Å². The molecule has 4 nitrogen and oxygen atoms in total. The molecule has 1 aliphatic carbocycles. The number of hydrogen-bond acceptors (Lipinski definition) is 4. The lowest BCUT2D eigenvalue weighted by molar-refractivity contribution is -0.430. The molecule has 126 valence electrons. The fraction of sp³-hybridized carbons (Fsp3) is 1.00. The van der Waals surface area contributed by atoms with E-state index < -0.39 is 0 Å². The first-order chi connectivity index (χ1) is 9.20. The first kappa shape index (κ1) is 18.9. The largest absolute Gasteiger partial charge is 0.233 e. The zero-order chi connectivity index (χ0) is 16.5. The van der Waals surface area contributed by atoms with Crippen LogP contribution in [0.15, 0.2) is 0 Å². The van der Waals surface area contributed by atoms with Gasteiger partial charge in [0.05, 0.1) is 17.3 Å². The van der Waals surface area contributed by atoms with Crippen LogP contribution in [-0.2, 0) is 19.6 Å². The van der Waals surface area contributed by atoms with E-state index in [1.54, 1.807) is 0 Å². The summed E-state index contributed by atoms with van der Waals surface area (Å²) in [5, 5.41) is 0. The average molecular weight is 302 g/mol. The minimum absolute atomic E-state index is 0.0153. The Bertz CT molecular complexity index is 338. The third kappa shape index (κ3) is 7.59. The van der Waals surface area contributed by atoms with Gasteiger partial charge in [-0.15, -0.1) is 0 Å². The summed E-state index contributed by atoms with van der Waals surface area (Å²) in [6.45, 7) is 18.5. The van der Waals surface area contributed by atoms with Crippen molar-refractivity contribution >= 4 is 0 Å². The van der Waals surface area contributed by atoms with Crippen LogP contribution in [-0.4, -0.2) is 22.9 Å². The predicted molar refractivity (Wildman–Crippen MR) is 83.7 cm³/mol. The molecule has 0 radical (unpaired) electrons. The van der Waals surface area contributed by atoms with E-state index in [2.05, 4.69) is 20.8 Å². The Morgan fingerprint density at radius 1 is 0.810 bits per heavy atom. The van der Waals surface area contributed by atoms with Gasteiger partial charge in [-0.25, -0.2) is 19.6 Å². The van der Waals surface area contributed by atoms with Gasteiger partial charge in [-0.2, -0.15) is 0 Å². The van der Waals surface area contributed by atoms with E-state index in [9.17, 15) is 0 Å². The molecule has 0 aromatic heterocycles. The normalized spacial score (nSPS) is 30.4. The SMILES string of the molecule is CC1(C)CC(OOC(C)(C)C)CC(C)(OOC(C)(C)C)C1. The fourth-order valence-corrected chi connectivity index (χ4v) is 2.90. The molecule has 0 aliphatic heterocycles. The standard InChI is InChI=1S/C17H34O4/c1-14(2,3)19-18-13-10-16(7,8)12-17(9,11-13)21-20-15(4,5)6/h13H,10-12H2,1-9H3. The van der Waals surface area contributed by atoms with Crippen LogP contribution in [0.4, 0.5) is 0 Å². The second kappa shape index (κ2) is 6.15. The van der Waals surface area contributed by atoms with Crippen LogP contribution in [0.2, 0.25) is 0 Å². The van der Waals surface area contributed by atoms with Crippen molar-refractivity contribution in [2.24, 2.45) is 5.41 Å². The Morgan fingerprint density at radius 2 is 1.33 bits per heavy atom. The van der Waals surface area contributed by atoms with Gasteiger partial charge < -0.3 is 0 Å². The molecule has 4 heteroatoms. The molecular weight excluding hydrogens is 268 g/mol. The van der Waals surface area contributed by atoms with Gasteiger partial charge in [0.25, 0.3) is 0 Å². The van der Waals surface area contributed by atoms with Crippen molar-refractivity contribution in [3.05, 3.63) is 0 Å². The smallest absolute Gasteiger partial charge is 0.104 e. The van der Waals surface area contributed by atoms with Crippen molar-refractivity contribution in [2.75, 3.05) is 0 Å². The molecule has 0 N–H and O–H groups in total. The van der Waals surface area contributed by atoms with Gasteiger partial charge in [-0.3, -0.25) is 0 Å². The quantitative estimate of drug-likeness (QED) is 0.551. The van der Waals surface area contributed by atoms with Crippen LogP contribution in [0.25, 0.3) is 0 Å². The van der Waals surface area contributed by atoms with E-state index in [0.717, 1.165) is 19.3 Å². The molecule has 0 spiro atoms. The molecule has 1 aliphatic rings. The molecule has 0 aromatic rings. The lowest BCUT2D eigenvalue weighted by Gasteiger charge is -2.45. The molecule has 1 saturated carbocycles. The van der Waals surface area contributed by atoms with Crippen LogP contribution in [0.1, 0.15) is 81.6 Å². The van der Waals surface area contributed by atoms with Crippen LogP contribution in [0, 0.1) is 5.41 Å². The predicted octanol–water partition coefficient (Wildman–Crippen LogP) is 4.82. The van der Waals surface area contributed by atoms with Gasteiger partial charge in [-0.1, -0.05) is 13.8 Å². The monoisotopic (exact) mass is 302 g/mol. The van der Waals surface area contributed by atoms with Crippen LogP contribution < -0.4 is 0 Å². The third-order valence-corrected chi connectivity index (χ3v) is 3.22. The first-order valence-electron chi connectivity index (χ1n) is 7.91. The van der Waals surface area contributed by atoms with Gasteiger partial charge in [0.2, 0.25) is 0 Å². The summed E-state index contributed by atoms with van der Waals surface area (Å²) in [6.07, 6.45) is 2.67. The molecule has 0 bridgehead atoms.